The highest BCUT2D eigenvalue weighted by Gasteiger charge is 2.28. The van der Waals surface area contributed by atoms with Crippen molar-refractivity contribution in [2.45, 2.75) is 11.3 Å². The Bertz CT molecular complexity index is 656. The molecule has 116 valence electrons. The fraction of sp³-hybridized carbons (Fsp3) is 0.417. The minimum Gasteiger partial charge on any atom is -0.477 e. The molecule has 1 aliphatic heterocycles. The van der Waals surface area contributed by atoms with E-state index in [1.807, 2.05) is 0 Å². The van der Waals surface area contributed by atoms with Gasteiger partial charge >= 0.3 is 5.97 Å². The Morgan fingerprint density at radius 3 is 2.71 bits per heavy atom. The van der Waals surface area contributed by atoms with Crippen molar-refractivity contribution in [2.24, 2.45) is 5.92 Å². The molecule has 1 fully saturated rings. The zero-order valence-corrected chi connectivity index (χ0v) is 11.6. The van der Waals surface area contributed by atoms with Crippen LogP contribution in [0.4, 0.5) is 8.78 Å². The van der Waals surface area contributed by atoms with E-state index in [2.05, 4.69) is 4.72 Å². The van der Waals surface area contributed by atoms with Crippen molar-refractivity contribution in [3.8, 4) is 0 Å². The highest BCUT2D eigenvalue weighted by atomic mass is 32.2. The maximum Gasteiger partial charge on any atom is 0.341 e. The molecule has 1 unspecified atom stereocenters. The zero-order chi connectivity index (χ0) is 15.6. The van der Waals surface area contributed by atoms with Gasteiger partial charge in [0, 0.05) is 13.2 Å². The molecule has 2 rings (SSSR count). The lowest BCUT2D eigenvalue weighted by molar-refractivity contribution is 0.0685. The average molecular weight is 321 g/mol. The van der Waals surface area contributed by atoms with E-state index in [1.165, 1.54) is 0 Å². The summed E-state index contributed by atoms with van der Waals surface area (Å²) in [5, 5.41) is 8.73. The van der Waals surface area contributed by atoms with Crippen LogP contribution in [-0.4, -0.2) is 39.3 Å². The smallest absolute Gasteiger partial charge is 0.341 e. The molecule has 0 amide bonds. The SMILES string of the molecule is O=C(O)c1c(F)ccc(S(=O)(=O)NCC2CCOC2)c1F. The van der Waals surface area contributed by atoms with Gasteiger partial charge in [0.2, 0.25) is 10.0 Å². The Kier molecular flexibility index (Phi) is 4.55. The summed E-state index contributed by atoms with van der Waals surface area (Å²) in [4.78, 5) is 9.89. The van der Waals surface area contributed by atoms with Gasteiger partial charge in [0.25, 0.3) is 0 Å². The van der Waals surface area contributed by atoms with E-state index >= 15 is 0 Å². The number of benzene rings is 1. The predicted molar refractivity (Wildman–Crippen MR) is 67.4 cm³/mol. The molecule has 2 N–H and O–H groups in total. The largest absolute Gasteiger partial charge is 0.477 e. The highest BCUT2D eigenvalue weighted by molar-refractivity contribution is 7.89. The molecule has 1 heterocycles. The van der Waals surface area contributed by atoms with Crippen LogP contribution in [0.15, 0.2) is 17.0 Å². The van der Waals surface area contributed by atoms with Gasteiger partial charge in [-0.1, -0.05) is 0 Å². The fourth-order valence-corrected chi connectivity index (χ4v) is 3.18. The molecule has 0 aromatic heterocycles. The fourth-order valence-electron chi connectivity index (χ4n) is 1.99. The van der Waals surface area contributed by atoms with Gasteiger partial charge in [-0.2, -0.15) is 0 Å². The summed E-state index contributed by atoms with van der Waals surface area (Å²) in [6.45, 7) is 0.969. The van der Waals surface area contributed by atoms with Crippen molar-refractivity contribution in [2.75, 3.05) is 19.8 Å². The van der Waals surface area contributed by atoms with Gasteiger partial charge in [0.1, 0.15) is 16.3 Å². The molecule has 1 atom stereocenters. The molecule has 1 aromatic carbocycles. The maximum atomic E-state index is 13.9. The van der Waals surface area contributed by atoms with Crippen LogP contribution in [0, 0.1) is 17.6 Å². The summed E-state index contributed by atoms with van der Waals surface area (Å²) in [7, 11) is -4.26. The molecule has 1 saturated heterocycles. The molecule has 0 radical (unpaired) electrons. The van der Waals surface area contributed by atoms with Gasteiger partial charge in [0.05, 0.1) is 6.61 Å². The van der Waals surface area contributed by atoms with Gasteiger partial charge < -0.3 is 9.84 Å². The summed E-state index contributed by atoms with van der Waals surface area (Å²) in [5.74, 6) is -4.84. The molecular weight excluding hydrogens is 308 g/mol. The van der Waals surface area contributed by atoms with Crippen LogP contribution in [0.2, 0.25) is 0 Å². The van der Waals surface area contributed by atoms with E-state index in [4.69, 9.17) is 9.84 Å². The van der Waals surface area contributed by atoms with Crippen LogP contribution in [0.1, 0.15) is 16.8 Å². The van der Waals surface area contributed by atoms with Crippen molar-refractivity contribution >= 4 is 16.0 Å². The first kappa shape index (κ1) is 15.8. The molecule has 0 aliphatic carbocycles. The zero-order valence-electron chi connectivity index (χ0n) is 10.8. The number of hydrogen-bond acceptors (Lipinski definition) is 4. The molecule has 0 bridgehead atoms. The predicted octanol–water partition coefficient (Wildman–Crippen LogP) is 0.978. The van der Waals surface area contributed by atoms with E-state index < -0.39 is 38.1 Å². The van der Waals surface area contributed by atoms with E-state index in [0.29, 0.717) is 31.8 Å². The second-order valence-corrected chi connectivity index (χ2v) is 6.36. The van der Waals surface area contributed by atoms with E-state index in [1.54, 1.807) is 0 Å². The third-order valence-electron chi connectivity index (χ3n) is 3.15. The van der Waals surface area contributed by atoms with Gasteiger partial charge in [-0.3, -0.25) is 0 Å². The first-order valence-electron chi connectivity index (χ1n) is 6.11. The Morgan fingerprint density at radius 2 is 2.14 bits per heavy atom. The molecule has 0 saturated carbocycles. The summed E-state index contributed by atoms with van der Waals surface area (Å²) < 4.78 is 58.4. The number of aromatic carboxylic acids is 1. The van der Waals surface area contributed by atoms with E-state index in [0.717, 1.165) is 0 Å². The molecule has 0 spiro atoms. The summed E-state index contributed by atoms with van der Waals surface area (Å²) in [5.41, 5.74) is -1.29. The molecule has 21 heavy (non-hydrogen) atoms. The van der Waals surface area contributed by atoms with Crippen molar-refractivity contribution in [3.63, 3.8) is 0 Å². The maximum absolute atomic E-state index is 13.9. The first-order chi connectivity index (χ1) is 9.83. The molecular formula is C12H13F2NO5S. The van der Waals surface area contributed by atoms with Crippen LogP contribution in [0.5, 0.6) is 0 Å². The number of hydrogen-bond donors (Lipinski definition) is 2. The number of ether oxygens (including phenoxy) is 1. The number of halogens is 2. The number of sulfonamides is 1. The van der Waals surface area contributed by atoms with Crippen LogP contribution in [-0.2, 0) is 14.8 Å². The lowest BCUT2D eigenvalue weighted by atomic mass is 10.1. The second kappa shape index (κ2) is 6.04. The molecule has 1 aromatic rings. The molecule has 9 heteroatoms. The standard InChI is InChI=1S/C12H13F2NO5S/c13-8-1-2-9(11(14)10(8)12(16)17)21(18,19)15-5-7-3-4-20-6-7/h1-2,7,15H,3-6H2,(H,16,17). The molecule has 1 aliphatic rings. The van der Waals surface area contributed by atoms with Crippen LogP contribution < -0.4 is 4.72 Å². The van der Waals surface area contributed by atoms with E-state index in [9.17, 15) is 22.0 Å². The normalized spacial score (nSPS) is 18.9. The number of carboxylic acids is 1. The number of carboxylic acid groups (broad SMARTS) is 1. The van der Waals surface area contributed by atoms with Crippen molar-refractivity contribution in [3.05, 3.63) is 29.3 Å². The molecule has 6 nitrogen and oxygen atoms in total. The Balaban J connectivity index is 2.27. The van der Waals surface area contributed by atoms with Crippen LogP contribution in [0.3, 0.4) is 0 Å². The van der Waals surface area contributed by atoms with Gasteiger partial charge in [0.15, 0.2) is 5.82 Å². The second-order valence-electron chi connectivity index (χ2n) is 4.62. The van der Waals surface area contributed by atoms with Crippen molar-refractivity contribution in [1.29, 1.82) is 0 Å². The lowest BCUT2D eigenvalue weighted by Crippen LogP contribution is -2.30. The third kappa shape index (κ3) is 3.36. The average Bonchev–Trinajstić information content (AvgIpc) is 2.88. The summed E-state index contributed by atoms with van der Waals surface area (Å²) in [6, 6.07) is 1.31. The monoisotopic (exact) mass is 321 g/mol. The number of nitrogens with one attached hydrogen (secondary N) is 1. The summed E-state index contributed by atoms with van der Waals surface area (Å²) in [6.07, 6.45) is 0.675. The Labute approximate surface area is 119 Å². The van der Waals surface area contributed by atoms with Crippen LogP contribution >= 0.6 is 0 Å². The van der Waals surface area contributed by atoms with Gasteiger partial charge in [-0.05, 0) is 24.5 Å². The lowest BCUT2D eigenvalue weighted by Gasteiger charge is -2.12. The van der Waals surface area contributed by atoms with Gasteiger partial charge in [-0.25, -0.2) is 26.7 Å². The summed E-state index contributed by atoms with van der Waals surface area (Å²) >= 11 is 0. The number of rotatable bonds is 5. The van der Waals surface area contributed by atoms with Crippen LogP contribution in [0.25, 0.3) is 0 Å². The minimum absolute atomic E-state index is 0.0257. The third-order valence-corrected chi connectivity index (χ3v) is 4.59. The van der Waals surface area contributed by atoms with E-state index in [-0.39, 0.29) is 12.5 Å². The Morgan fingerprint density at radius 1 is 1.43 bits per heavy atom. The quantitative estimate of drug-likeness (QED) is 0.843. The van der Waals surface area contributed by atoms with Gasteiger partial charge in [-0.15, -0.1) is 0 Å². The highest BCUT2D eigenvalue weighted by Crippen LogP contribution is 2.21. The first-order valence-corrected chi connectivity index (χ1v) is 7.60. The number of carbonyl (C=O) groups is 1. The Hall–Kier alpha value is -1.58. The topological polar surface area (TPSA) is 92.7 Å². The minimum atomic E-state index is -4.26. The van der Waals surface area contributed by atoms with Crippen molar-refractivity contribution in [1.82, 2.24) is 4.72 Å². The van der Waals surface area contributed by atoms with Crippen molar-refractivity contribution < 1.29 is 31.8 Å².